The lowest BCUT2D eigenvalue weighted by molar-refractivity contribution is -0.129. The lowest BCUT2D eigenvalue weighted by Crippen LogP contribution is -2.39. The molecule has 0 aliphatic carbocycles. The molecule has 1 aliphatic rings. The number of hydrogen-bond donors (Lipinski definition) is 1. The Hall–Kier alpha value is -1.52. The van der Waals surface area contributed by atoms with Gasteiger partial charge < -0.3 is 14.7 Å². The number of amides is 1. The van der Waals surface area contributed by atoms with Crippen LogP contribution < -0.4 is 0 Å². The van der Waals surface area contributed by atoms with E-state index in [0.29, 0.717) is 36.9 Å². The minimum absolute atomic E-state index is 0.0855. The maximum absolute atomic E-state index is 11.8. The molecule has 1 heterocycles. The Morgan fingerprint density at radius 1 is 1.39 bits per heavy atom. The van der Waals surface area contributed by atoms with E-state index >= 15 is 0 Å². The van der Waals surface area contributed by atoms with Crippen LogP contribution in [0.15, 0.2) is 24.3 Å². The van der Waals surface area contributed by atoms with Gasteiger partial charge in [0.05, 0.1) is 13.2 Å². The van der Waals surface area contributed by atoms with E-state index < -0.39 is 0 Å². The second-order valence-corrected chi connectivity index (χ2v) is 4.41. The number of benzene rings is 1. The van der Waals surface area contributed by atoms with Crippen LogP contribution in [0.5, 0.6) is 5.75 Å². The molecule has 0 atom stereocenters. The molecular weight excluding hydrogens is 254 g/mol. The molecule has 1 amide bonds. The molecule has 2 rings (SSSR count). The number of carbonyl (C=O) groups is 1. The SMILES string of the molecule is O=C(C=Cc1cc(Cl)ccc1O)N1CCOCC1. The molecular formula is C13H14ClNO3. The van der Waals surface area contributed by atoms with Crippen LogP contribution in [-0.4, -0.2) is 42.2 Å². The second-order valence-electron chi connectivity index (χ2n) is 3.97. The maximum Gasteiger partial charge on any atom is 0.246 e. The predicted octanol–water partition coefficient (Wildman–Crippen LogP) is 1.92. The van der Waals surface area contributed by atoms with E-state index in [0.717, 1.165) is 0 Å². The normalized spacial score (nSPS) is 16.2. The van der Waals surface area contributed by atoms with Crippen molar-refractivity contribution in [1.29, 1.82) is 0 Å². The van der Waals surface area contributed by atoms with Crippen LogP contribution in [0.2, 0.25) is 5.02 Å². The largest absolute Gasteiger partial charge is 0.507 e. The van der Waals surface area contributed by atoms with Gasteiger partial charge in [-0.25, -0.2) is 0 Å². The zero-order chi connectivity index (χ0) is 13.0. The van der Waals surface area contributed by atoms with Gasteiger partial charge in [-0.15, -0.1) is 0 Å². The fraction of sp³-hybridized carbons (Fsp3) is 0.308. The molecule has 18 heavy (non-hydrogen) atoms. The lowest BCUT2D eigenvalue weighted by Gasteiger charge is -2.25. The van der Waals surface area contributed by atoms with Crippen LogP contribution in [0.1, 0.15) is 5.56 Å². The molecule has 1 N–H and O–H groups in total. The van der Waals surface area contributed by atoms with Gasteiger partial charge in [0.2, 0.25) is 5.91 Å². The van der Waals surface area contributed by atoms with E-state index in [4.69, 9.17) is 16.3 Å². The summed E-state index contributed by atoms with van der Waals surface area (Å²) in [6, 6.07) is 4.71. The fourth-order valence-corrected chi connectivity index (χ4v) is 1.89. The molecule has 0 bridgehead atoms. The fourth-order valence-electron chi connectivity index (χ4n) is 1.71. The van der Waals surface area contributed by atoms with E-state index in [2.05, 4.69) is 0 Å². The molecule has 5 heteroatoms. The van der Waals surface area contributed by atoms with Crippen molar-refractivity contribution in [1.82, 2.24) is 4.90 Å². The first-order chi connectivity index (χ1) is 8.66. The van der Waals surface area contributed by atoms with Crippen molar-refractivity contribution in [3.63, 3.8) is 0 Å². The van der Waals surface area contributed by atoms with Crippen molar-refractivity contribution >= 4 is 23.6 Å². The van der Waals surface area contributed by atoms with Crippen molar-refractivity contribution in [2.75, 3.05) is 26.3 Å². The van der Waals surface area contributed by atoms with Gasteiger partial charge in [-0.2, -0.15) is 0 Å². The highest BCUT2D eigenvalue weighted by Crippen LogP contribution is 2.22. The van der Waals surface area contributed by atoms with E-state index in [1.54, 1.807) is 23.1 Å². The van der Waals surface area contributed by atoms with Gasteiger partial charge in [0, 0.05) is 29.8 Å². The average molecular weight is 268 g/mol. The highest BCUT2D eigenvalue weighted by atomic mass is 35.5. The summed E-state index contributed by atoms with van der Waals surface area (Å²) < 4.78 is 5.17. The van der Waals surface area contributed by atoms with Crippen LogP contribution in [0.3, 0.4) is 0 Å². The smallest absolute Gasteiger partial charge is 0.246 e. The topological polar surface area (TPSA) is 49.8 Å². The maximum atomic E-state index is 11.8. The van der Waals surface area contributed by atoms with Crippen LogP contribution in [0.25, 0.3) is 6.08 Å². The number of halogens is 1. The molecule has 0 unspecified atom stereocenters. The molecule has 1 aliphatic heterocycles. The van der Waals surface area contributed by atoms with Gasteiger partial charge in [0.15, 0.2) is 0 Å². The summed E-state index contributed by atoms with van der Waals surface area (Å²) in [4.78, 5) is 13.5. The average Bonchev–Trinajstić information content (AvgIpc) is 2.40. The zero-order valence-corrected chi connectivity index (χ0v) is 10.6. The Kier molecular flexibility index (Phi) is 4.23. The Morgan fingerprint density at radius 3 is 2.83 bits per heavy atom. The number of rotatable bonds is 2. The van der Waals surface area contributed by atoms with Crippen LogP contribution in [0.4, 0.5) is 0 Å². The van der Waals surface area contributed by atoms with Crippen LogP contribution in [-0.2, 0) is 9.53 Å². The molecule has 1 aromatic carbocycles. The summed E-state index contributed by atoms with van der Waals surface area (Å²) in [5, 5.41) is 10.1. The molecule has 1 aromatic rings. The number of morpholine rings is 1. The Bertz CT molecular complexity index is 467. The van der Waals surface area contributed by atoms with Crippen molar-refractivity contribution in [2.24, 2.45) is 0 Å². The molecule has 96 valence electrons. The van der Waals surface area contributed by atoms with Gasteiger partial charge in [-0.1, -0.05) is 11.6 Å². The van der Waals surface area contributed by atoms with Crippen molar-refractivity contribution in [3.8, 4) is 5.75 Å². The van der Waals surface area contributed by atoms with E-state index in [9.17, 15) is 9.90 Å². The summed E-state index contributed by atoms with van der Waals surface area (Å²) in [6.45, 7) is 2.35. The Balaban J connectivity index is 2.05. The standard InChI is InChI=1S/C13H14ClNO3/c14-11-2-3-12(16)10(9-11)1-4-13(17)15-5-7-18-8-6-15/h1-4,9,16H,5-8H2. The third-order valence-electron chi connectivity index (χ3n) is 2.72. The van der Waals surface area contributed by atoms with Crippen molar-refractivity contribution < 1.29 is 14.6 Å². The first-order valence-corrected chi connectivity index (χ1v) is 6.08. The number of aromatic hydroxyl groups is 1. The summed E-state index contributed by atoms with van der Waals surface area (Å²) in [7, 11) is 0. The molecule has 0 radical (unpaired) electrons. The number of phenols is 1. The van der Waals surface area contributed by atoms with E-state index in [1.807, 2.05) is 0 Å². The number of hydrogen-bond acceptors (Lipinski definition) is 3. The first kappa shape index (κ1) is 12.9. The van der Waals surface area contributed by atoms with Gasteiger partial charge in [0.1, 0.15) is 5.75 Å². The Labute approximate surface area is 110 Å². The minimum atomic E-state index is -0.0855. The van der Waals surface area contributed by atoms with Gasteiger partial charge >= 0.3 is 0 Å². The lowest BCUT2D eigenvalue weighted by atomic mass is 10.2. The molecule has 0 aromatic heterocycles. The third-order valence-corrected chi connectivity index (χ3v) is 2.95. The second kappa shape index (κ2) is 5.89. The number of carbonyl (C=O) groups excluding carboxylic acids is 1. The summed E-state index contributed by atoms with van der Waals surface area (Å²) >= 11 is 5.82. The van der Waals surface area contributed by atoms with Gasteiger partial charge in [-0.05, 0) is 24.3 Å². The summed E-state index contributed by atoms with van der Waals surface area (Å²) in [5.41, 5.74) is 0.532. The number of nitrogens with zero attached hydrogens (tertiary/aromatic N) is 1. The predicted molar refractivity (Wildman–Crippen MR) is 69.5 cm³/mol. The summed E-state index contributed by atoms with van der Waals surface area (Å²) in [5.74, 6) is 0.0168. The van der Waals surface area contributed by atoms with E-state index in [-0.39, 0.29) is 11.7 Å². The molecule has 4 nitrogen and oxygen atoms in total. The molecule has 1 saturated heterocycles. The van der Waals surface area contributed by atoms with Crippen LogP contribution >= 0.6 is 11.6 Å². The van der Waals surface area contributed by atoms with Crippen LogP contribution in [0, 0.1) is 0 Å². The van der Waals surface area contributed by atoms with Gasteiger partial charge in [0.25, 0.3) is 0 Å². The molecule has 0 spiro atoms. The van der Waals surface area contributed by atoms with E-state index in [1.165, 1.54) is 12.1 Å². The highest BCUT2D eigenvalue weighted by molar-refractivity contribution is 6.30. The minimum Gasteiger partial charge on any atom is -0.507 e. The third kappa shape index (κ3) is 3.24. The quantitative estimate of drug-likeness (QED) is 0.833. The zero-order valence-electron chi connectivity index (χ0n) is 9.80. The summed E-state index contributed by atoms with van der Waals surface area (Å²) in [6.07, 6.45) is 3.01. The first-order valence-electron chi connectivity index (χ1n) is 5.70. The Morgan fingerprint density at radius 2 is 2.11 bits per heavy atom. The number of phenolic OH excluding ortho intramolecular Hbond substituents is 1. The molecule has 0 saturated carbocycles. The van der Waals surface area contributed by atoms with Gasteiger partial charge in [-0.3, -0.25) is 4.79 Å². The monoisotopic (exact) mass is 267 g/mol. The van der Waals surface area contributed by atoms with Crippen molar-refractivity contribution in [3.05, 3.63) is 34.9 Å². The highest BCUT2D eigenvalue weighted by Gasteiger charge is 2.14. The van der Waals surface area contributed by atoms with Crippen molar-refractivity contribution in [2.45, 2.75) is 0 Å². The molecule has 1 fully saturated rings. The number of ether oxygens (including phenoxy) is 1.